The number of carbonyl (C=O) groups excluding carboxylic acids is 1. The minimum absolute atomic E-state index is 0.0356. The summed E-state index contributed by atoms with van der Waals surface area (Å²) in [6, 6.07) is 12.2. The van der Waals surface area contributed by atoms with Crippen molar-refractivity contribution in [3.05, 3.63) is 81.4 Å². The second-order valence-corrected chi connectivity index (χ2v) is 11.2. The Morgan fingerprint density at radius 1 is 1.18 bits per heavy atom. The molecule has 0 saturated carbocycles. The van der Waals surface area contributed by atoms with E-state index in [0.717, 1.165) is 10.0 Å². The normalized spacial score (nSPS) is 17.9. The van der Waals surface area contributed by atoms with Gasteiger partial charge in [0.15, 0.2) is 5.03 Å². The number of sulfonamides is 1. The van der Waals surface area contributed by atoms with E-state index >= 15 is 0 Å². The van der Waals surface area contributed by atoms with Crippen LogP contribution in [0, 0.1) is 0 Å². The third-order valence-electron chi connectivity index (χ3n) is 5.33. The fourth-order valence-corrected chi connectivity index (χ4v) is 5.84. The lowest BCUT2D eigenvalue weighted by atomic mass is 9.92. The Morgan fingerprint density at radius 3 is 2.42 bits per heavy atom. The third kappa shape index (κ3) is 4.36. The smallest absolute Gasteiger partial charge is 0.260 e. The number of fused-ring (bicyclic) bond motifs is 1. The standard InChI is InChI=1S/C22H19BrCl2N4O3S/c1-3-8-27-33(31,32)19-13-26-21-28(18-10-16(24)9-17(25)11-18)20(30)22(2,29(19)21)12-14-4-6-15(23)7-5-14/h3-7,9-11,13,27H,1,8,12H2,2H3/t22-/m1/s1. The first-order valence-electron chi connectivity index (χ1n) is 9.81. The van der Waals surface area contributed by atoms with Crippen molar-refractivity contribution in [2.45, 2.75) is 23.9 Å². The van der Waals surface area contributed by atoms with Crippen molar-refractivity contribution in [2.75, 3.05) is 11.4 Å². The number of rotatable bonds is 7. The van der Waals surface area contributed by atoms with Crippen molar-refractivity contribution in [2.24, 2.45) is 0 Å². The molecule has 0 saturated heterocycles. The van der Waals surface area contributed by atoms with E-state index in [1.807, 2.05) is 24.3 Å². The highest BCUT2D eigenvalue weighted by atomic mass is 79.9. The Kier molecular flexibility index (Phi) is 6.45. The molecule has 11 heteroatoms. The van der Waals surface area contributed by atoms with Gasteiger partial charge in [-0.1, -0.05) is 57.3 Å². The molecule has 33 heavy (non-hydrogen) atoms. The van der Waals surface area contributed by atoms with Crippen molar-refractivity contribution < 1.29 is 13.2 Å². The number of anilines is 2. The van der Waals surface area contributed by atoms with Gasteiger partial charge < -0.3 is 0 Å². The summed E-state index contributed by atoms with van der Waals surface area (Å²) in [6.45, 7) is 5.28. The lowest BCUT2D eigenvalue weighted by Gasteiger charge is -2.26. The molecule has 2 aromatic carbocycles. The summed E-state index contributed by atoms with van der Waals surface area (Å²) >= 11 is 15.8. The number of hydrogen-bond donors (Lipinski definition) is 1. The number of nitrogens with one attached hydrogen (secondary N) is 1. The van der Waals surface area contributed by atoms with Gasteiger partial charge in [0.05, 0.1) is 11.9 Å². The van der Waals surface area contributed by atoms with Crippen LogP contribution in [0.4, 0.5) is 11.6 Å². The summed E-state index contributed by atoms with van der Waals surface area (Å²) in [7, 11) is -3.98. The molecule has 3 aromatic rings. The van der Waals surface area contributed by atoms with Crippen LogP contribution >= 0.6 is 39.1 Å². The van der Waals surface area contributed by atoms with Crippen molar-refractivity contribution >= 4 is 66.7 Å². The van der Waals surface area contributed by atoms with E-state index in [1.54, 1.807) is 25.1 Å². The van der Waals surface area contributed by atoms with Crippen molar-refractivity contribution in [1.29, 1.82) is 0 Å². The van der Waals surface area contributed by atoms with E-state index in [-0.39, 0.29) is 29.8 Å². The SMILES string of the molecule is C=CCNS(=O)(=O)c1cnc2n1[C@](C)(Cc1ccc(Br)cc1)C(=O)N2c1cc(Cl)cc(Cl)c1. The molecule has 4 rings (SSSR count). The predicted molar refractivity (Wildman–Crippen MR) is 133 cm³/mol. The third-order valence-corrected chi connectivity index (χ3v) is 7.68. The number of hydrogen-bond acceptors (Lipinski definition) is 4. The molecule has 172 valence electrons. The van der Waals surface area contributed by atoms with Crippen LogP contribution in [0.1, 0.15) is 12.5 Å². The lowest BCUT2D eigenvalue weighted by molar-refractivity contribution is -0.124. The Labute approximate surface area is 210 Å². The van der Waals surface area contributed by atoms with Crippen LogP contribution in [0.25, 0.3) is 0 Å². The van der Waals surface area contributed by atoms with Gasteiger partial charge in [-0.05, 0) is 42.8 Å². The number of aromatic nitrogens is 2. The van der Waals surface area contributed by atoms with Gasteiger partial charge in [-0.15, -0.1) is 6.58 Å². The summed E-state index contributed by atoms with van der Waals surface area (Å²) in [5, 5.41) is 0.554. The average Bonchev–Trinajstić information content (AvgIpc) is 3.27. The summed E-state index contributed by atoms with van der Waals surface area (Å²) in [4.78, 5) is 19.5. The zero-order chi connectivity index (χ0) is 24.0. The molecule has 1 aliphatic rings. The highest BCUT2D eigenvalue weighted by Gasteiger charge is 2.51. The minimum Gasteiger partial charge on any atom is -0.284 e. The summed E-state index contributed by atoms with van der Waals surface area (Å²) in [6.07, 6.45) is 2.91. The molecule has 1 amide bonds. The van der Waals surface area contributed by atoms with Gasteiger partial charge in [-0.2, -0.15) is 0 Å². The number of halogens is 3. The van der Waals surface area contributed by atoms with Gasteiger partial charge in [0.1, 0.15) is 5.54 Å². The molecule has 1 atom stereocenters. The van der Waals surface area contributed by atoms with E-state index < -0.39 is 15.6 Å². The van der Waals surface area contributed by atoms with Crippen LogP contribution in [0.15, 0.2) is 70.8 Å². The van der Waals surface area contributed by atoms with E-state index in [2.05, 4.69) is 32.2 Å². The highest BCUT2D eigenvalue weighted by molar-refractivity contribution is 9.10. The molecule has 0 aliphatic carbocycles. The first-order chi connectivity index (χ1) is 15.6. The van der Waals surface area contributed by atoms with Gasteiger partial charge in [-0.25, -0.2) is 23.0 Å². The Bertz CT molecular complexity index is 1340. The van der Waals surface area contributed by atoms with Gasteiger partial charge in [-0.3, -0.25) is 9.36 Å². The van der Waals surface area contributed by atoms with Gasteiger partial charge in [0.2, 0.25) is 5.95 Å². The van der Waals surface area contributed by atoms with E-state index in [9.17, 15) is 13.2 Å². The van der Waals surface area contributed by atoms with Gasteiger partial charge in [0.25, 0.3) is 15.9 Å². The number of nitrogens with zero attached hydrogens (tertiary/aromatic N) is 3. The molecule has 1 aromatic heterocycles. The predicted octanol–water partition coefficient (Wildman–Crippen LogP) is 5.05. The molecule has 0 unspecified atom stereocenters. The molecule has 7 nitrogen and oxygen atoms in total. The van der Waals surface area contributed by atoms with Gasteiger partial charge in [0, 0.05) is 27.5 Å². The maximum absolute atomic E-state index is 13.9. The fourth-order valence-electron chi connectivity index (χ4n) is 3.86. The van der Waals surface area contributed by atoms with Crippen molar-refractivity contribution in [1.82, 2.24) is 14.3 Å². The highest BCUT2D eigenvalue weighted by Crippen LogP contribution is 2.44. The number of amides is 1. The van der Waals surface area contributed by atoms with E-state index in [0.29, 0.717) is 15.7 Å². The molecule has 0 fully saturated rings. The molecular weight excluding hydrogens is 551 g/mol. The quantitative estimate of drug-likeness (QED) is 0.403. The topological polar surface area (TPSA) is 84.3 Å². The Hall–Kier alpha value is -2.17. The summed E-state index contributed by atoms with van der Waals surface area (Å²) < 4.78 is 30.9. The largest absolute Gasteiger partial charge is 0.284 e. The van der Waals surface area contributed by atoms with Crippen LogP contribution in [0.2, 0.25) is 10.0 Å². The van der Waals surface area contributed by atoms with Crippen LogP contribution in [-0.2, 0) is 26.8 Å². The molecular formula is C22H19BrCl2N4O3S. The van der Waals surface area contributed by atoms with Crippen molar-refractivity contribution in [3.63, 3.8) is 0 Å². The molecule has 0 spiro atoms. The number of carbonyl (C=O) groups is 1. The maximum atomic E-state index is 13.9. The summed E-state index contributed by atoms with van der Waals surface area (Å²) in [5.74, 6) is -0.191. The first-order valence-corrected chi connectivity index (χ1v) is 12.8. The van der Waals surface area contributed by atoms with Crippen LogP contribution in [-0.4, -0.2) is 30.4 Å². The number of imidazole rings is 1. The molecule has 0 radical (unpaired) electrons. The summed E-state index contributed by atoms with van der Waals surface area (Å²) in [5.41, 5.74) is -0.0406. The van der Waals surface area contributed by atoms with E-state index in [4.69, 9.17) is 23.2 Å². The van der Waals surface area contributed by atoms with Gasteiger partial charge >= 0.3 is 0 Å². The molecule has 1 N–H and O–H groups in total. The molecule has 0 bridgehead atoms. The zero-order valence-electron chi connectivity index (χ0n) is 17.4. The second-order valence-electron chi connectivity index (χ2n) is 7.72. The van der Waals surface area contributed by atoms with Crippen LogP contribution in [0.3, 0.4) is 0 Å². The lowest BCUT2D eigenvalue weighted by Crippen LogP contribution is -2.42. The Morgan fingerprint density at radius 2 is 1.82 bits per heavy atom. The minimum atomic E-state index is -3.98. The van der Waals surface area contributed by atoms with E-state index in [1.165, 1.54) is 21.7 Å². The molecule has 2 heterocycles. The maximum Gasteiger partial charge on any atom is 0.260 e. The average molecular weight is 570 g/mol. The second kappa shape index (κ2) is 8.88. The van der Waals surface area contributed by atoms with Crippen LogP contribution < -0.4 is 9.62 Å². The fraction of sp³-hybridized carbons (Fsp3) is 0.182. The zero-order valence-corrected chi connectivity index (χ0v) is 21.3. The Balaban J connectivity index is 1.91. The number of benzene rings is 2. The van der Waals surface area contributed by atoms with Crippen molar-refractivity contribution in [3.8, 4) is 0 Å². The van der Waals surface area contributed by atoms with Crippen LogP contribution in [0.5, 0.6) is 0 Å². The first kappa shape index (κ1) is 24.0. The molecule has 1 aliphatic heterocycles. The monoisotopic (exact) mass is 568 g/mol.